The molecular formula is C14H19NO2S. The van der Waals surface area contributed by atoms with Gasteiger partial charge in [-0.1, -0.05) is 32.1 Å². The second-order valence-electron chi connectivity index (χ2n) is 4.50. The van der Waals surface area contributed by atoms with Crippen LogP contribution < -0.4 is 10.5 Å². The maximum Gasteiger partial charge on any atom is 0.167 e. The van der Waals surface area contributed by atoms with Crippen molar-refractivity contribution in [2.75, 3.05) is 7.11 Å². The molecule has 0 unspecified atom stereocenters. The van der Waals surface area contributed by atoms with Crippen LogP contribution in [0.25, 0.3) is 0 Å². The molecule has 0 spiro atoms. The number of nitrogens with two attached hydrogens (primary N) is 1. The number of ether oxygens (including phenoxy) is 1. The molecule has 0 heterocycles. The van der Waals surface area contributed by atoms with Gasteiger partial charge >= 0.3 is 0 Å². The lowest BCUT2D eigenvalue weighted by Crippen LogP contribution is -2.11. The Morgan fingerprint density at radius 3 is 2.56 bits per heavy atom. The molecule has 0 aliphatic rings. The van der Waals surface area contributed by atoms with Gasteiger partial charge in [0.25, 0.3) is 0 Å². The number of hydrogen-bond donors (Lipinski definition) is 1. The van der Waals surface area contributed by atoms with E-state index in [4.69, 9.17) is 22.7 Å². The van der Waals surface area contributed by atoms with Gasteiger partial charge in [-0.3, -0.25) is 4.79 Å². The summed E-state index contributed by atoms with van der Waals surface area (Å²) >= 11 is 4.79. The Morgan fingerprint density at radius 1 is 1.39 bits per heavy atom. The summed E-state index contributed by atoms with van der Waals surface area (Å²) in [7, 11) is 1.56. The number of hydrogen-bond acceptors (Lipinski definition) is 3. The predicted molar refractivity (Wildman–Crippen MR) is 77.4 cm³/mol. The number of rotatable bonds is 6. The van der Waals surface area contributed by atoms with Crippen LogP contribution in [0.5, 0.6) is 5.75 Å². The van der Waals surface area contributed by atoms with Crippen LogP contribution in [0.1, 0.15) is 48.5 Å². The van der Waals surface area contributed by atoms with Crippen LogP contribution in [0.3, 0.4) is 0 Å². The SMILES string of the molecule is COc1ccc(C(C)C)cc1C(=O)CCC(N)=S. The molecule has 0 aliphatic heterocycles. The van der Waals surface area contributed by atoms with Gasteiger partial charge in [-0.15, -0.1) is 0 Å². The van der Waals surface area contributed by atoms with Gasteiger partial charge in [-0.25, -0.2) is 0 Å². The van der Waals surface area contributed by atoms with Crippen molar-refractivity contribution in [1.82, 2.24) is 0 Å². The summed E-state index contributed by atoms with van der Waals surface area (Å²) in [5, 5.41) is 0. The first-order valence-electron chi connectivity index (χ1n) is 5.95. The molecule has 1 aromatic carbocycles. The number of thiocarbonyl (C=S) groups is 1. The van der Waals surface area contributed by atoms with Crippen LogP contribution in [0.15, 0.2) is 18.2 Å². The van der Waals surface area contributed by atoms with E-state index in [9.17, 15) is 4.79 Å². The zero-order valence-corrected chi connectivity index (χ0v) is 11.8. The van der Waals surface area contributed by atoms with E-state index in [0.717, 1.165) is 5.56 Å². The monoisotopic (exact) mass is 265 g/mol. The van der Waals surface area contributed by atoms with Crippen molar-refractivity contribution in [3.63, 3.8) is 0 Å². The van der Waals surface area contributed by atoms with Crippen LogP contribution in [-0.2, 0) is 0 Å². The third kappa shape index (κ3) is 3.81. The standard InChI is InChI=1S/C14H19NO2S/c1-9(2)10-4-6-13(17-3)11(8-10)12(16)5-7-14(15)18/h4,6,8-9H,5,7H2,1-3H3,(H2,15,18). The molecule has 0 aliphatic carbocycles. The van der Waals surface area contributed by atoms with Crippen LogP contribution >= 0.6 is 12.2 Å². The van der Waals surface area contributed by atoms with Gasteiger partial charge in [0, 0.05) is 12.8 Å². The molecule has 98 valence electrons. The zero-order chi connectivity index (χ0) is 13.7. The van der Waals surface area contributed by atoms with Gasteiger partial charge < -0.3 is 10.5 Å². The van der Waals surface area contributed by atoms with Crippen molar-refractivity contribution in [3.8, 4) is 5.75 Å². The van der Waals surface area contributed by atoms with Gasteiger partial charge in [-0.05, 0) is 23.6 Å². The van der Waals surface area contributed by atoms with Crippen LogP contribution in [0.2, 0.25) is 0 Å². The minimum absolute atomic E-state index is 0.0159. The average Bonchev–Trinajstić information content (AvgIpc) is 2.34. The molecule has 3 nitrogen and oxygen atoms in total. The Balaban J connectivity index is 3.00. The normalized spacial score (nSPS) is 10.4. The van der Waals surface area contributed by atoms with Crippen molar-refractivity contribution in [2.45, 2.75) is 32.6 Å². The van der Waals surface area contributed by atoms with Crippen LogP contribution in [0, 0.1) is 0 Å². The van der Waals surface area contributed by atoms with Crippen molar-refractivity contribution < 1.29 is 9.53 Å². The maximum atomic E-state index is 12.1. The Labute approximate surface area is 113 Å². The van der Waals surface area contributed by atoms with Crippen molar-refractivity contribution in [1.29, 1.82) is 0 Å². The quantitative estimate of drug-likeness (QED) is 0.634. The summed E-state index contributed by atoms with van der Waals surface area (Å²) in [4.78, 5) is 12.5. The Morgan fingerprint density at radius 2 is 2.06 bits per heavy atom. The van der Waals surface area contributed by atoms with E-state index in [1.807, 2.05) is 18.2 Å². The summed E-state index contributed by atoms with van der Waals surface area (Å²) in [6.45, 7) is 4.18. The van der Waals surface area contributed by atoms with E-state index < -0.39 is 0 Å². The second-order valence-corrected chi connectivity index (χ2v) is 5.03. The molecule has 1 rings (SSSR count). The molecule has 18 heavy (non-hydrogen) atoms. The number of Topliss-reactive ketones (excluding diaryl/α,β-unsaturated/α-hetero) is 1. The number of benzene rings is 1. The molecule has 0 bridgehead atoms. The summed E-state index contributed by atoms with van der Waals surface area (Å²) in [5.41, 5.74) is 7.15. The summed E-state index contributed by atoms with van der Waals surface area (Å²) < 4.78 is 5.22. The van der Waals surface area contributed by atoms with E-state index in [-0.39, 0.29) is 5.78 Å². The highest BCUT2D eigenvalue weighted by Crippen LogP contribution is 2.25. The van der Waals surface area contributed by atoms with Gasteiger partial charge in [0.05, 0.1) is 17.7 Å². The molecule has 0 amide bonds. The summed E-state index contributed by atoms with van der Waals surface area (Å²) in [6, 6.07) is 5.71. The number of carbonyl (C=O) groups excluding carboxylic acids is 1. The molecule has 0 saturated carbocycles. The Kier molecular flexibility index (Phi) is 5.28. The number of carbonyl (C=O) groups is 1. The van der Waals surface area contributed by atoms with E-state index in [1.54, 1.807) is 7.11 Å². The minimum Gasteiger partial charge on any atom is -0.496 e. The van der Waals surface area contributed by atoms with Crippen molar-refractivity contribution in [2.24, 2.45) is 5.73 Å². The van der Waals surface area contributed by atoms with Gasteiger partial charge in [0.2, 0.25) is 0 Å². The lowest BCUT2D eigenvalue weighted by molar-refractivity contribution is 0.0982. The Hall–Kier alpha value is -1.42. The molecule has 2 N–H and O–H groups in total. The first-order chi connectivity index (χ1) is 8.45. The first kappa shape index (κ1) is 14.6. The fraction of sp³-hybridized carbons (Fsp3) is 0.429. The van der Waals surface area contributed by atoms with Crippen LogP contribution in [-0.4, -0.2) is 17.9 Å². The lowest BCUT2D eigenvalue weighted by Gasteiger charge is -2.12. The fourth-order valence-electron chi connectivity index (χ4n) is 1.67. The Bertz CT molecular complexity index is 455. The lowest BCUT2D eigenvalue weighted by atomic mass is 9.97. The summed E-state index contributed by atoms with van der Waals surface area (Å²) in [6.07, 6.45) is 0.760. The molecule has 0 atom stereocenters. The van der Waals surface area contributed by atoms with Crippen molar-refractivity contribution >= 4 is 23.0 Å². The molecular weight excluding hydrogens is 246 g/mol. The van der Waals surface area contributed by atoms with E-state index in [1.165, 1.54) is 0 Å². The van der Waals surface area contributed by atoms with E-state index in [2.05, 4.69) is 13.8 Å². The average molecular weight is 265 g/mol. The zero-order valence-electron chi connectivity index (χ0n) is 11.0. The van der Waals surface area contributed by atoms with E-state index in [0.29, 0.717) is 35.1 Å². The van der Waals surface area contributed by atoms with Crippen molar-refractivity contribution in [3.05, 3.63) is 29.3 Å². The molecule has 0 radical (unpaired) electrons. The third-order valence-corrected chi connectivity index (χ3v) is 2.99. The third-order valence-electron chi connectivity index (χ3n) is 2.79. The number of ketones is 1. The highest BCUT2D eigenvalue weighted by Gasteiger charge is 2.14. The minimum atomic E-state index is 0.0159. The topological polar surface area (TPSA) is 52.3 Å². The van der Waals surface area contributed by atoms with E-state index >= 15 is 0 Å². The smallest absolute Gasteiger partial charge is 0.167 e. The molecule has 1 aromatic rings. The fourth-order valence-corrected chi connectivity index (χ4v) is 1.78. The highest BCUT2D eigenvalue weighted by atomic mass is 32.1. The van der Waals surface area contributed by atoms with Gasteiger partial charge in [0.1, 0.15) is 5.75 Å². The molecule has 0 saturated heterocycles. The molecule has 4 heteroatoms. The first-order valence-corrected chi connectivity index (χ1v) is 6.36. The van der Waals surface area contributed by atoms with Crippen LogP contribution in [0.4, 0.5) is 0 Å². The largest absolute Gasteiger partial charge is 0.496 e. The van der Waals surface area contributed by atoms with Gasteiger partial charge in [0.15, 0.2) is 5.78 Å². The van der Waals surface area contributed by atoms with Gasteiger partial charge in [-0.2, -0.15) is 0 Å². The molecule has 0 fully saturated rings. The predicted octanol–water partition coefficient (Wildman–Crippen LogP) is 3.07. The summed E-state index contributed by atoms with van der Waals surface area (Å²) in [5.74, 6) is 0.993. The highest BCUT2D eigenvalue weighted by molar-refractivity contribution is 7.80. The molecule has 0 aromatic heterocycles. The second kappa shape index (κ2) is 6.50. The number of methoxy groups -OCH3 is 1. The maximum absolute atomic E-state index is 12.1.